The van der Waals surface area contributed by atoms with Gasteiger partial charge >= 0.3 is 0 Å². The highest BCUT2D eigenvalue weighted by Gasteiger charge is 2.45. The van der Waals surface area contributed by atoms with Crippen molar-refractivity contribution in [3.05, 3.63) is 65.2 Å². The van der Waals surface area contributed by atoms with Gasteiger partial charge in [-0.05, 0) is 74.9 Å². The summed E-state index contributed by atoms with van der Waals surface area (Å²) in [5.74, 6) is -0.561. The Morgan fingerprint density at radius 3 is 2.42 bits per heavy atom. The van der Waals surface area contributed by atoms with Crippen LogP contribution in [0.25, 0.3) is 5.76 Å². The molecule has 1 aliphatic rings. The molecule has 7 heteroatoms. The third-order valence-corrected chi connectivity index (χ3v) is 5.44. The second-order valence-corrected chi connectivity index (χ2v) is 8.97. The Morgan fingerprint density at radius 2 is 1.82 bits per heavy atom. The number of likely N-dealkylation sites (tertiary alicyclic amines) is 1. The van der Waals surface area contributed by atoms with Crippen LogP contribution in [0.3, 0.4) is 0 Å². The molecule has 0 radical (unpaired) electrons. The molecular formula is C26H32N2O5. The van der Waals surface area contributed by atoms with Gasteiger partial charge in [-0.25, -0.2) is 0 Å². The number of phenolic OH excluding ortho intramolecular Hbond substituents is 1. The van der Waals surface area contributed by atoms with E-state index in [2.05, 4.69) is 13.8 Å². The number of nitrogens with zero attached hydrogens (tertiary/aromatic N) is 2. The summed E-state index contributed by atoms with van der Waals surface area (Å²) >= 11 is 0. The number of ketones is 1. The summed E-state index contributed by atoms with van der Waals surface area (Å²) in [5, 5.41) is 21.1. The summed E-state index contributed by atoms with van der Waals surface area (Å²) in [6.45, 7) is 5.77. The number of benzene rings is 2. The smallest absolute Gasteiger partial charge is 0.295 e. The van der Waals surface area contributed by atoms with Crippen LogP contribution in [-0.2, 0) is 9.59 Å². The van der Waals surface area contributed by atoms with Gasteiger partial charge in [0.1, 0.15) is 17.3 Å². The third-order valence-electron chi connectivity index (χ3n) is 5.44. The zero-order valence-corrected chi connectivity index (χ0v) is 19.6. The molecule has 1 amide bonds. The summed E-state index contributed by atoms with van der Waals surface area (Å²) in [6, 6.07) is 12.5. The quantitative estimate of drug-likeness (QED) is 0.342. The lowest BCUT2D eigenvalue weighted by atomic mass is 9.95. The molecule has 7 nitrogen and oxygen atoms in total. The summed E-state index contributed by atoms with van der Waals surface area (Å²) in [5.41, 5.74) is 1.01. The number of phenols is 1. The Morgan fingerprint density at radius 1 is 1.12 bits per heavy atom. The van der Waals surface area contributed by atoms with Crippen molar-refractivity contribution < 1.29 is 24.5 Å². The molecule has 2 N–H and O–H groups in total. The molecular weight excluding hydrogens is 420 g/mol. The maximum Gasteiger partial charge on any atom is 0.295 e. The molecule has 0 saturated carbocycles. The van der Waals surface area contributed by atoms with E-state index in [9.17, 15) is 19.8 Å². The molecule has 1 atom stereocenters. The molecule has 176 valence electrons. The van der Waals surface area contributed by atoms with Gasteiger partial charge in [0.25, 0.3) is 11.7 Å². The van der Waals surface area contributed by atoms with Crippen LogP contribution in [0.5, 0.6) is 11.5 Å². The van der Waals surface area contributed by atoms with Crippen LogP contribution in [0.2, 0.25) is 0 Å². The van der Waals surface area contributed by atoms with E-state index >= 15 is 0 Å². The highest BCUT2D eigenvalue weighted by Crippen LogP contribution is 2.40. The number of hydrogen-bond donors (Lipinski definition) is 2. The number of aromatic hydroxyl groups is 1. The van der Waals surface area contributed by atoms with Gasteiger partial charge in [0.05, 0.1) is 18.2 Å². The first-order valence-corrected chi connectivity index (χ1v) is 11.1. The fraction of sp³-hybridized carbons (Fsp3) is 0.385. The number of ether oxygens (including phenoxy) is 1. The van der Waals surface area contributed by atoms with Gasteiger partial charge in [0.2, 0.25) is 0 Å². The van der Waals surface area contributed by atoms with Gasteiger partial charge < -0.3 is 24.7 Å². The van der Waals surface area contributed by atoms with E-state index in [1.807, 2.05) is 19.0 Å². The molecule has 2 aromatic carbocycles. The van der Waals surface area contributed by atoms with Crippen LogP contribution in [0.1, 0.15) is 37.4 Å². The highest BCUT2D eigenvalue weighted by molar-refractivity contribution is 6.46. The van der Waals surface area contributed by atoms with Gasteiger partial charge in [0, 0.05) is 12.1 Å². The Bertz CT molecular complexity index is 1030. The average Bonchev–Trinajstić information content (AvgIpc) is 3.02. The monoisotopic (exact) mass is 452 g/mol. The van der Waals surface area contributed by atoms with Gasteiger partial charge in [-0.2, -0.15) is 0 Å². The van der Waals surface area contributed by atoms with E-state index < -0.39 is 17.7 Å². The maximum atomic E-state index is 13.0. The predicted molar refractivity (Wildman–Crippen MR) is 127 cm³/mol. The summed E-state index contributed by atoms with van der Waals surface area (Å²) in [4.78, 5) is 29.4. The molecule has 1 heterocycles. The number of Topliss-reactive ketones (excluding diaryl/α,β-unsaturated/α-hetero) is 1. The summed E-state index contributed by atoms with van der Waals surface area (Å²) < 4.78 is 5.69. The molecule has 0 aromatic heterocycles. The van der Waals surface area contributed by atoms with Crippen molar-refractivity contribution in [2.75, 3.05) is 33.8 Å². The molecule has 2 aromatic rings. The van der Waals surface area contributed by atoms with Crippen molar-refractivity contribution in [3.8, 4) is 11.5 Å². The lowest BCUT2D eigenvalue weighted by Gasteiger charge is -2.26. The first-order chi connectivity index (χ1) is 15.7. The number of carbonyl (C=O) groups excluding carboxylic acids is 2. The average molecular weight is 453 g/mol. The molecule has 1 aliphatic heterocycles. The number of carbonyl (C=O) groups is 2. The van der Waals surface area contributed by atoms with Gasteiger partial charge in [-0.3, -0.25) is 9.59 Å². The van der Waals surface area contributed by atoms with E-state index in [1.54, 1.807) is 36.4 Å². The molecule has 1 fully saturated rings. The van der Waals surface area contributed by atoms with E-state index in [0.29, 0.717) is 42.4 Å². The fourth-order valence-corrected chi connectivity index (χ4v) is 3.84. The minimum absolute atomic E-state index is 0.0197. The van der Waals surface area contributed by atoms with Gasteiger partial charge in [0.15, 0.2) is 0 Å². The minimum atomic E-state index is -0.781. The first-order valence-electron chi connectivity index (χ1n) is 11.1. The number of hydrogen-bond acceptors (Lipinski definition) is 6. The summed E-state index contributed by atoms with van der Waals surface area (Å²) in [7, 11) is 3.88. The van der Waals surface area contributed by atoms with Crippen molar-refractivity contribution >= 4 is 17.4 Å². The van der Waals surface area contributed by atoms with Crippen molar-refractivity contribution in [2.45, 2.75) is 26.3 Å². The number of aliphatic hydroxyl groups excluding tert-OH is 1. The summed E-state index contributed by atoms with van der Waals surface area (Å²) in [6.07, 6.45) is 0.664. The topological polar surface area (TPSA) is 90.3 Å². The van der Waals surface area contributed by atoms with Crippen LogP contribution in [-0.4, -0.2) is 65.5 Å². The SMILES string of the molecule is CC(C)COc1ccc(/C(O)=C2/C(=O)C(=O)N(CCCN(C)C)C2c2cccc(O)c2)cc1. The molecule has 0 bridgehead atoms. The largest absolute Gasteiger partial charge is 0.508 e. The van der Waals surface area contributed by atoms with E-state index in [4.69, 9.17) is 4.74 Å². The van der Waals surface area contributed by atoms with Crippen LogP contribution in [0, 0.1) is 5.92 Å². The lowest BCUT2D eigenvalue weighted by molar-refractivity contribution is -0.139. The zero-order chi connectivity index (χ0) is 24.1. The Balaban J connectivity index is 2.00. The van der Waals surface area contributed by atoms with Gasteiger partial charge in [-0.15, -0.1) is 0 Å². The Hall–Kier alpha value is -3.32. The van der Waals surface area contributed by atoms with Crippen molar-refractivity contribution in [1.82, 2.24) is 9.80 Å². The highest BCUT2D eigenvalue weighted by atomic mass is 16.5. The standard InChI is InChI=1S/C26H32N2O5/c1-17(2)16-33-21-11-9-18(10-12-21)24(30)22-23(19-7-5-8-20(29)15-19)28(26(32)25(22)31)14-6-13-27(3)4/h5,7-12,15,17,23,29-30H,6,13-14,16H2,1-4H3/b24-22-. The van der Waals surface area contributed by atoms with Crippen molar-refractivity contribution in [2.24, 2.45) is 5.92 Å². The molecule has 0 spiro atoms. The van der Waals surface area contributed by atoms with Crippen molar-refractivity contribution in [1.29, 1.82) is 0 Å². The second kappa shape index (κ2) is 10.5. The fourth-order valence-electron chi connectivity index (χ4n) is 3.84. The second-order valence-electron chi connectivity index (χ2n) is 8.97. The third kappa shape index (κ3) is 5.73. The van der Waals surface area contributed by atoms with Crippen LogP contribution in [0.15, 0.2) is 54.1 Å². The van der Waals surface area contributed by atoms with Crippen molar-refractivity contribution in [3.63, 3.8) is 0 Å². The van der Waals surface area contributed by atoms with Gasteiger partial charge in [-0.1, -0.05) is 26.0 Å². The van der Waals surface area contributed by atoms with E-state index in [1.165, 1.54) is 17.0 Å². The number of rotatable bonds is 9. The normalized spacial score (nSPS) is 17.9. The zero-order valence-electron chi connectivity index (χ0n) is 19.6. The van der Waals surface area contributed by atoms with E-state index in [0.717, 1.165) is 6.54 Å². The molecule has 1 unspecified atom stereocenters. The van der Waals surface area contributed by atoms with E-state index in [-0.39, 0.29) is 17.1 Å². The Kier molecular flexibility index (Phi) is 7.76. The van der Waals surface area contributed by atoms with Crippen LogP contribution in [0.4, 0.5) is 0 Å². The Labute approximate surface area is 194 Å². The number of aliphatic hydroxyl groups is 1. The predicted octanol–water partition coefficient (Wildman–Crippen LogP) is 3.80. The lowest BCUT2D eigenvalue weighted by Crippen LogP contribution is -2.32. The van der Waals surface area contributed by atoms with Crippen LogP contribution < -0.4 is 4.74 Å². The first kappa shape index (κ1) is 24.3. The molecule has 3 rings (SSSR count). The molecule has 33 heavy (non-hydrogen) atoms. The minimum Gasteiger partial charge on any atom is -0.508 e. The maximum absolute atomic E-state index is 13.0. The number of amides is 1. The molecule has 1 saturated heterocycles. The van der Waals surface area contributed by atoms with Crippen LogP contribution >= 0.6 is 0 Å². The molecule has 0 aliphatic carbocycles.